The highest BCUT2D eigenvalue weighted by Gasteiger charge is 2.20. The summed E-state index contributed by atoms with van der Waals surface area (Å²) < 4.78 is 13.1. The molecule has 5 heteroatoms. The third-order valence-corrected chi connectivity index (χ3v) is 5.55. The van der Waals surface area contributed by atoms with Crippen LogP contribution in [0.4, 0.5) is 0 Å². The SMILES string of the molecule is Cc1c(C(=O)CCC2COCCO2)ccc2nn(CC3CCC3)cc12. The molecule has 0 radical (unpaired) electrons. The average molecular weight is 342 g/mol. The molecule has 1 aliphatic heterocycles. The van der Waals surface area contributed by atoms with E-state index in [2.05, 4.69) is 16.0 Å². The first kappa shape index (κ1) is 16.7. The second-order valence-corrected chi connectivity index (χ2v) is 7.35. The number of ketones is 1. The van der Waals surface area contributed by atoms with Crippen molar-refractivity contribution >= 4 is 16.7 Å². The van der Waals surface area contributed by atoms with Crippen LogP contribution in [0.5, 0.6) is 0 Å². The van der Waals surface area contributed by atoms with Gasteiger partial charge >= 0.3 is 0 Å². The van der Waals surface area contributed by atoms with Crippen LogP contribution in [0.3, 0.4) is 0 Å². The molecule has 4 rings (SSSR count). The molecule has 0 bridgehead atoms. The van der Waals surface area contributed by atoms with Crippen molar-refractivity contribution < 1.29 is 14.3 Å². The van der Waals surface area contributed by atoms with Crippen LogP contribution >= 0.6 is 0 Å². The van der Waals surface area contributed by atoms with E-state index >= 15 is 0 Å². The number of hydrogen-bond donors (Lipinski definition) is 0. The highest BCUT2D eigenvalue weighted by molar-refractivity contribution is 6.01. The number of aromatic nitrogens is 2. The van der Waals surface area contributed by atoms with E-state index in [1.807, 2.05) is 19.1 Å². The molecule has 0 N–H and O–H groups in total. The Bertz CT molecular complexity index is 758. The van der Waals surface area contributed by atoms with Crippen LogP contribution in [0.25, 0.3) is 10.9 Å². The van der Waals surface area contributed by atoms with Crippen LogP contribution < -0.4 is 0 Å². The van der Waals surface area contributed by atoms with E-state index in [4.69, 9.17) is 9.47 Å². The zero-order chi connectivity index (χ0) is 17.2. The Balaban J connectivity index is 1.46. The van der Waals surface area contributed by atoms with E-state index in [1.54, 1.807) is 0 Å². The van der Waals surface area contributed by atoms with Gasteiger partial charge in [0, 0.05) is 30.1 Å². The number of nitrogens with zero attached hydrogens (tertiary/aromatic N) is 2. The van der Waals surface area contributed by atoms with Gasteiger partial charge in [0.1, 0.15) is 0 Å². The van der Waals surface area contributed by atoms with Crippen molar-refractivity contribution in [3.8, 4) is 0 Å². The summed E-state index contributed by atoms with van der Waals surface area (Å²) in [7, 11) is 0. The number of rotatable bonds is 6. The zero-order valence-electron chi connectivity index (χ0n) is 14.9. The Hall–Kier alpha value is -1.72. The van der Waals surface area contributed by atoms with Crippen LogP contribution in [0.15, 0.2) is 18.3 Å². The predicted octanol–water partition coefficient (Wildman–Crippen LogP) is 3.52. The number of carbonyl (C=O) groups is 1. The van der Waals surface area contributed by atoms with Crippen molar-refractivity contribution in [2.24, 2.45) is 5.92 Å². The smallest absolute Gasteiger partial charge is 0.163 e. The number of Topliss-reactive ketones (excluding diaryl/α,β-unsaturated/α-hetero) is 1. The topological polar surface area (TPSA) is 53.4 Å². The van der Waals surface area contributed by atoms with Crippen LogP contribution in [-0.2, 0) is 16.0 Å². The molecule has 2 heterocycles. The largest absolute Gasteiger partial charge is 0.376 e. The molecule has 2 fully saturated rings. The summed E-state index contributed by atoms with van der Waals surface area (Å²) >= 11 is 0. The molecule has 25 heavy (non-hydrogen) atoms. The van der Waals surface area contributed by atoms with Crippen molar-refractivity contribution in [1.29, 1.82) is 0 Å². The Kier molecular flexibility index (Phi) is 4.86. The first-order chi connectivity index (χ1) is 12.2. The van der Waals surface area contributed by atoms with Gasteiger partial charge in [0.15, 0.2) is 5.78 Å². The molecule has 1 saturated heterocycles. The van der Waals surface area contributed by atoms with E-state index in [9.17, 15) is 4.79 Å². The molecule has 2 aliphatic rings. The van der Waals surface area contributed by atoms with Gasteiger partial charge in [-0.15, -0.1) is 0 Å². The Morgan fingerprint density at radius 1 is 1.32 bits per heavy atom. The lowest BCUT2D eigenvalue weighted by Crippen LogP contribution is -2.29. The molecular weight excluding hydrogens is 316 g/mol. The minimum absolute atomic E-state index is 0.0481. The standard InChI is InChI=1S/C20H26N2O3/c1-14-17(20(23)8-5-16-13-24-9-10-25-16)6-7-19-18(14)12-22(21-19)11-15-3-2-4-15/h6-7,12,15-16H,2-5,8-11,13H2,1H3. The average Bonchev–Trinajstić information content (AvgIpc) is 3.01. The molecule has 5 nitrogen and oxygen atoms in total. The number of fused-ring (bicyclic) bond motifs is 1. The van der Waals surface area contributed by atoms with E-state index in [1.165, 1.54) is 19.3 Å². The van der Waals surface area contributed by atoms with Crippen LogP contribution in [0.1, 0.15) is 48.0 Å². The molecule has 0 spiro atoms. The Morgan fingerprint density at radius 2 is 2.20 bits per heavy atom. The lowest BCUT2D eigenvalue weighted by molar-refractivity contribution is -0.0902. The minimum Gasteiger partial charge on any atom is -0.376 e. The summed E-state index contributed by atoms with van der Waals surface area (Å²) in [5.41, 5.74) is 2.84. The minimum atomic E-state index is 0.0481. The molecule has 1 aromatic carbocycles. The molecule has 1 atom stereocenters. The third kappa shape index (κ3) is 3.62. The summed E-state index contributed by atoms with van der Waals surface area (Å²) in [6, 6.07) is 3.91. The highest BCUT2D eigenvalue weighted by Crippen LogP contribution is 2.29. The van der Waals surface area contributed by atoms with Gasteiger partial charge in [-0.05, 0) is 49.8 Å². The molecular formula is C20H26N2O3. The third-order valence-electron chi connectivity index (χ3n) is 5.55. The molecule has 1 unspecified atom stereocenters. The number of carbonyl (C=O) groups excluding carboxylic acids is 1. The van der Waals surface area contributed by atoms with Crippen LogP contribution in [0, 0.1) is 12.8 Å². The fraction of sp³-hybridized carbons (Fsp3) is 0.600. The fourth-order valence-corrected chi connectivity index (χ4v) is 3.75. The van der Waals surface area contributed by atoms with Gasteiger partial charge in [-0.2, -0.15) is 5.10 Å². The van der Waals surface area contributed by atoms with Crippen LogP contribution in [-0.4, -0.2) is 41.5 Å². The molecule has 2 aromatic rings. The highest BCUT2D eigenvalue weighted by atomic mass is 16.6. The lowest BCUT2D eigenvalue weighted by atomic mass is 9.85. The van der Waals surface area contributed by atoms with Gasteiger partial charge in [0.2, 0.25) is 0 Å². The Labute approximate surface area is 148 Å². The second-order valence-electron chi connectivity index (χ2n) is 7.35. The Morgan fingerprint density at radius 3 is 2.92 bits per heavy atom. The second kappa shape index (κ2) is 7.26. The van der Waals surface area contributed by atoms with E-state index in [0.717, 1.165) is 40.9 Å². The normalized spacial score (nSPS) is 21.4. The number of aryl methyl sites for hydroxylation is 1. The first-order valence-corrected chi connectivity index (χ1v) is 9.40. The maximum absolute atomic E-state index is 12.7. The monoisotopic (exact) mass is 342 g/mol. The van der Waals surface area contributed by atoms with Gasteiger partial charge in [0.25, 0.3) is 0 Å². The maximum Gasteiger partial charge on any atom is 0.163 e. The van der Waals surface area contributed by atoms with Crippen molar-refractivity contribution in [2.75, 3.05) is 19.8 Å². The summed E-state index contributed by atoms with van der Waals surface area (Å²) in [4.78, 5) is 12.7. The first-order valence-electron chi connectivity index (χ1n) is 9.40. The predicted molar refractivity (Wildman–Crippen MR) is 95.9 cm³/mol. The number of hydrogen-bond acceptors (Lipinski definition) is 4. The van der Waals surface area contributed by atoms with Crippen molar-refractivity contribution in [2.45, 2.75) is 51.7 Å². The van der Waals surface area contributed by atoms with E-state index in [0.29, 0.717) is 26.2 Å². The molecule has 1 saturated carbocycles. The van der Waals surface area contributed by atoms with Gasteiger partial charge < -0.3 is 9.47 Å². The summed E-state index contributed by atoms with van der Waals surface area (Å²) in [5.74, 6) is 0.953. The van der Waals surface area contributed by atoms with Gasteiger partial charge in [0.05, 0.1) is 31.4 Å². The van der Waals surface area contributed by atoms with E-state index < -0.39 is 0 Å². The summed E-state index contributed by atoms with van der Waals surface area (Å²) in [6.07, 6.45) is 7.34. The molecule has 134 valence electrons. The molecule has 0 amide bonds. The van der Waals surface area contributed by atoms with Crippen molar-refractivity contribution in [3.63, 3.8) is 0 Å². The number of benzene rings is 1. The number of ether oxygens (including phenoxy) is 2. The zero-order valence-corrected chi connectivity index (χ0v) is 14.9. The van der Waals surface area contributed by atoms with E-state index in [-0.39, 0.29) is 11.9 Å². The van der Waals surface area contributed by atoms with Gasteiger partial charge in [-0.1, -0.05) is 6.42 Å². The van der Waals surface area contributed by atoms with Crippen molar-refractivity contribution in [3.05, 3.63) is 29.5 Å². The van der Waals surface area contributed by atoms with Gasteiger partial charge in [-0.3, -0.25) is 9.48 Å². The van der Waals surface area contributed by atoms with Gasteiger partial charge in [-0.25, -0.2) is 0 Å². The van der Waals surface area contributed by atoms with Crippen LogP contribution in [0.2, 0.25) is 0 Å². The van der Waals surface area contributed by atoms with Crippen molar-refractivity contribution in [1.82, 2.24) is 9.78 Å². The maximum atomic E-state index is 12.7. The summed E-state index contributed by atoms with van der Waals surface area (Å²) in [6.45, 7) is 4.91. The molecule has 1 aliphatic carbocycles. The molecule has 1 aromatic heterocycles. The fourth-order valence-electron chi connectivity index (χ4n) is 3.75. The lowest BCUT2D eigenvalue weighted by Gasteiger charge is -2.24. The quantitative estimate of drug-likeness (QED) is 0.754. The summed E-state index contributed by atoms with van der Waals surface area (Å²) in [5, 5.41) is 5.78.